The third-order valence-corrected chi connectivity index (χ3v) is 6.52. The number of anilines is 1. The highest BCUT2D eigenvalue weighted by atomic mass is 32.2. The van der Waals surface area contributed by atoms with Crippen molar-refractivity contribution >= 4 is 27.0 Å². The van der Waals surface area contributed by atoms with Gasteiger partial charge in [0.1, 0.15) is 4.21 Å². The van der Waals surface area contributed by atoms with Gasteiger partial charge in [0, 0.05) is 31.2 Å². The van der Waals surface area contributed by atoms with Crippen LogP contribution < -0.4 is 5.73 Å². The summed E-state index contributed by atoms with van der Waals surface area (Å²) in [5.41, 5.74) is 6.09. The quantitative estimate of drug-likeness (QED) is 0.894. The van der Waals surface area contributed by atoms with E-state index in [2.05, 4.69) is 11.9 Å². The second-order valence-corrected chi connectivity index (χ2v) is 8.08. The summed E-state index contributed by atoms with van der Waals surface area (Å²) < 4.78 is 26.3. The first-order valence-electron chi connectivity index (χ1n) is 5.88. The molecule has 0 bridgehead atoms. The van der Waals surface area contributed by atoms with Crippen LogP contribution in [0.25, 0.3) is 0 Å². The van der Waals surface area contributed by atoms with Crippen LogP contribution >= 0.6 is 11.3 Å². The Morgan fingerprint density at radius 3 is 2.83 bits per heavy atom. The van der Waals surface area contributed by atoms with Crippen LogP contribution in [0.2, 0.25) is 0 Å². The minimum atomic E-state index is -3.37. The average molecular weight is 289 g/mol. The number of sulfonamides is 1. The molecule has 102 valence electrons. The van der Waals surface area contributed by atoms with Crippen molar-refractivity contribution in [3.8, 4) is 0 Å². The average Bonchev–Trinajstić information content (AvgIpc) is 2.88. The van der Waals surface area contributed by atoms with Gasteiger partial charge < -0.3 is 10.6 Å². The van der Waals surface area contributed by atoms with Crippen molar-refractivity contribution in [3.63, 3.8) is 0 Å². The number of nitrogens with zero attached hydrogens (tertiary/aromatic N) is 2. The van der Waals surface area contributed by atoms with Crippen molar-refractivity contribution in [2.75, 3.05) is 39.5 Å². The van der Waals surface area contributed by atoms with Gasteiger partial charge in [-0.1, -0.05) is 0 Å². The molecular formula is C11H19N3O2S2. The molecule has 1 aliphatic rings. The van der Waals surface area contributed by atoms with Crippen molar-refractivity contribution in [1.82, 2.24) is 9.21 Å². The highest BCUT2D eigenvalue weighted by Gasteiger charge is 2.27. The van der Waals surface area contributed by atoms with Crippen LogP contribution in [0, 0.1) is 5.92 Å². The fourth-order valence-electron chi connectivity index (χ4n) is 2.26. The summed E-state index contributed by atoms with van der Waals surface area (Å²) in [6, 6.07) is 1.53. The lowest BCUT2D eigenvalue weighted by molar-refractivity contribution is 0.357. The van der Waals surface area contributed by atoms with Crippen LogP contribution in [0.15, 0.2) is 15.7 Å². The molecule has 2 N–H and O–H groups in total. The van der Waals surface area contributed by atoms with Crippen LogP contribution in [0.5, 0.6) is 0 Å². The summed E-state index contributed by atoms with van der Waals surface area (Å²) in [5.74, 6) is 0.423. The summed E-state index contributed by atoms with van der Waals surface area (Å²) in [7, 11) is 0.337. The molecule has 1 aromatic rings. The molecule has 0 aliphatic carbocycles. The van der Waals surface area contributed by atoms with E-state index in [0.717, 1.165) is 19.5 Å². The molecule has 2 rings (SSSR count). The smallest absolute Gasteiger partial charge is 0.252 e. The van der Waals surface area contributed by atoms with Gasteiger partial charge in [-0.15, -0.1) is 11.3 Å². The molecular weight excluding hydrogens is 270 g/mol. The number of nitrogen functional groups attached to an aromatic ring is 1. The first kappa shape index (κ1) is 13.8. The molecule has 1 aliphatic heterocycles. The van der Waals surface area contributed by atoms with Gasteiger partial charge in [-0.05, 0) is 32.0 Å². The molecule has 1 fully saturated rings. The summed E-state index contributed by atoms with van der Waals surface area (Å²) in [4.78, 5) is 2.23. The van der Waals surface area contributed by atoms with E-state index < -0.39 is 10.0 Å². The molecule has 18 heavy (non-hydrogen) atoms. The van der Waals surface area contributed by atoms with Gasteiger partial charge in [-0.25, -0.2) is 8.42 Å². The fourth-order valence-corrected chi connectivity index (χ4v) is 4.79. The van der Waals surface area contributed by atoms with E-state index in [-0.39, 0.29) is 0 Å². The highest BCUT2D eigenvalue weighted by molar-refractivity contribution is 7.91. The number of nitrogens with two attached hydrogens (primary N) is 1. The molecule has 2 heterocycles. The van der Waals surface area contributed by atoms with E-state index in [9.17, 15) is 8.42 Å². The number of hydrogen-bond acceptors (Lipinski definition) is 5. The van der Waals surface area contributed by atoms with Crippen molar-refractivity contribution in [3.05, 3.63) is 11.4 Å². The Morgan fingerprint density at radius 2 is 2.33 bits per heavy atom. The summed E-state index contributed by atoms with van der Waals surface area (Å²) in [6.07, 6.45) is 1.06. The van der Waals surface area contributed by atoms with Gasteiger partial charge in [-0.3, -0.25) is 0 Å². The van der Waals surface area contributed by atoms with Gasteiger partial charge in [0.15, 0.2) is 0 Å². The van der Waals surface area contributed by atoms with Crippen molar-refractivity contribution in [2.24, 2.45) is 5.92 Å². The molecule has 1 saturated heterocycles. The topological polar surface area (TPSA) is 66.6 Å². The van der Waals surface area contributed by atoms with E-state index in [4.69, 9.17) is 5.73 Å². The second kappa shape index (κ2) is 5.16. The lowest BCUT2D eigenvalue weighted by Crippen LogP contribution is -2.32. The molecule has 5 nitrogen and oxygen atoms in total. The standard InChI is InChI=1S/C11H19N3O2S2/c1-13-4-3-9(6-13)7-14(2)18(15,16)11-5-10(12)8-17-11/h5,8-9H,3-4,6-7,12H2,1-2H3. The number of thiophene rings is 1. The lowest BCUT2D eigenvalue weighted by Gasteiger charge is -2.20. The molecule has 0 spiro atoms. The van der Waals surface area contributed by atoms with Gasteiger partial charge in [-0.2, -0.15) is 4.31 Å². The minimum absolute atomic E-state index is 0.328. The van der Waals surface area contributed by atoms with Gasteiger partial charge in [0.2, 0.25) is 0 Å². The first-order chi connectivity index (χ1) is 8.39. The third-order valence-electron chi connectivity index (χ3n) is 3.26. The monoisotopic (exact) mass is 289 g/mol. The maximum absolute atomic E-state index is 12.3. The molecule has 0 aromatic carbocycles. The van der Waals surface area contributed by atoms with E-state index in [1.165, 1.54) is 21.7 Å². The number of rotatable bonds is 4. The molecule has 1 aromatic heterocycles. The Kier molecular flexibility index (Phi) is 3.96. The fraction of sp³-hybridized carbons (Fsp3) is 0.636. The number of hydrogen-bond donors (Lipinski definition) is 1. The van der Waals surface area contributed by atoms with Gasteiger partial charge >= 0.3 is 0 Å². The molecule has 0 amide bonds. The maximum Gasteiger partial charge on any atom is 0.252 e. The van der Waals surface area contributed by atoms with Gasteiger partial charge in [0.05, 0.1) is 0 Å². The zero-order valence-corrected chi connectivity index (χ0v) is 12.3. The predicted octanol–water partition coefficient (Wildman–Crippen LogP) is 0.903. The molecule has 1 atom stereocenters. The van der Waals surface area contributed by atoms with Gasteiger partial charge in [0.25, 0.3) is 10.0 Å². The van der Waals surface area contributed by atoms with Crippen LogP contribution in [-0.4, -0.2) is 51.4 Å². The van der Waals surface area contributed by atoms with Crippen molar-refractivity contribution in [2.45, 2.75) is 10.6 Å². The largest absolute Gasteiger partial charge is 0.398 e. The Labute approximate surface area is 112 Å². The van der Waals surface area contributed by atoms with E-state index in [1.807, 2.05) is 0 Å². The van der Waals surface area contributed by atoms with E-state index >= 15 is 0 Å². The van der Waals surface area contributed by atoms with E-state index in [0.29, 0.717) is 22.4 Å². The third kappa shape index (κ3) is 2.85. The normalized spacial score (nSPS) is 21.8. The van der Waals surface area contributed by atoms with Crippen LogP contribution in [0.4, 0.5) is 5.69 Å². The van der Waals surface area contributed by atoms with Crippen molar-refractivity contribution < 1.29 is 8.42 Å². The first-order valence-corrected chi connectivity index (χ1v) is 8.20. The zero-order valence-electron chi connectivity index (χ0n) is 10.7. The summed E-state index contributed by atoms with van der Waals surface area (Å²) in [6.45, 7) is 2.58. The van der Waals surface area contributed by atoms with Crippen molar-refractivity contribution in [1.29, 1.82) is 0 Å². The Bertz CT molecular complexity index is 512. The molecule has 7 heteroatoms. The molecule has 0 saturated carbocycles. The lowest BCUT2D eigenvalue weighted by atomic mass is 10.1. The Balaban J connectivity index is 2.06. The van der Waals surface area contributed by atoms with Crippen LogP contribution in [0.3, 0.4) is 0 Å². The SMILES string of the molecule is CN1CCC(CN(C)S(=O)(=O)c2cc(N)cs2)C1. The minimum Gasteiger partial charge on any atom is -0.398 e. The van der Waals surface area contributed by atoms with Crippen LogP contribution in [0.1, 0.15) is 6.42 Å². The highest BCUT2D eigenvalue weighted by Crippen LogP contribution is 2.26. The Morgan fingerprint density at radius 1 is 1.61 bits per heavy atom. The molecule has 1 unspecified atom stereocenters. The summed E-state index contributed by atoms with van der Waals surface area (Å²) >= 11 is 1.18. The molecule has 0 radical (unpaired) electrons. The Hall–Kier alpha value is -0.630. The second-order valence-electron chi connectivity index (χ2n) is 4.90. The van der Waals surface area contributed by atoms with E-state index in [1.54, 1.807) is 12.4 Å². The number of likely N-dealkylation sites (tertiary alicyclic amines) is 1. The maximum atomic E-state index is 12.3. The summed E-state index contributed by atoms with van der Waals surface area (Å²) in [5, 5.41) is 1.66. The zero-order chi connectivity index (χ0) is 13.3. The van der Waals surface area contributed by atoms with Crippen LogP contribution in [-0.2, 0) is 10.0 Å². The predicted molar refractivity (Wildman–Crippen MR) is 74.2 cm³/mol.